The van der Waals surface area contributed by atoms with E-state index in [1.54, 1.807) is 24.3 Å². The highest BCUT2D eigenvalue weighted by Crippen LogP contribution is 2.40. The van der Waals surface area contributed by atoms with Crippen LogP contribution in [0.15, 0.2) is 35.4 Å². The van der Waals surface area contributed by atoms with Gasteiger partial charge in [-0.1, -0.05) is 52.5 Å². The molecule has 0 saturated heterocycles. The Labute approximate surface area is 164 Å². The van der Waals surface area contributed by atoms with E-state index in [9.17, 15) is 9.90 Å². The Kier molecular flexibility index (Phi) is 5.16. The summed E-state index contributed by atoms with van der Waals surface area (Å²) in [5, 5.41) is 17.3. The number of phenolic OH excluding ortho intramolecular Hbond substituents is 1. The number of nitrogens with zero attached hydrogens (tertiary/aromatic N) is 2. The van der Waals surface area contributed by atoms with Gasteiger partial charge in [-0.3, -0.25) is 4.79 Å². The molecule has 4 nitrogen and oxygen atoms in total. The molecule has 1 atom stereocenters. The number of hydrogen-bond donors (Lipinski definition) is 1. The third-order valence-electron chi connectivity index (χ3n) is 3.89. The van der Waals surface area contributed by atoms with Crippen LogP contribution in [0.3, 0.4) is 0 Å². The molecule has 0 radical (unpaired) electrons. The molecule has 1 N–H and O–H groups in total. The Morgan fingerprint density at radius 2 is 1.80 bits per heavy atom. The van der Waals surface area contributed by atoms with Crippen LogP contribution in [0.5, 0.6) is 5.75 Å². The van der Waals surface area contributed by atoms with Gasteiger partial charge in [0.2, 0.25) is 5.91 Å². The minimum atomic E-state index is -0.408. The van der Waals surface area contributed by atoms with E-state index in [2.05, 4.69) is 5.10 Å². The number of carbonyl (C=O) groups is 1. The number of hydrogen-bond acceptors (Lipinski definition) is 3. The molecule has 0 saturated carbocycles. The molecule has 1 unspecified atom stereocenters. The number of amides is 1. The standard InChI is InChI=1S/C17H12Cl4N2O2/c1-8(24)23-16(11-3-2-9(18)5-13(11)20)7-15(22-23)12-4-10(19)6-14(21)17(12)25/h2-6,16,25H,7H2,1H3. The fourth-order valence-corrected chi connectivity index (χ4v) is 3.79. The molecule has 1 aliphatic rings. The Hall–Kier alpha value is -1.46. The van der Waals surface area contributed by atoms with Gasteiger partial charge in [-0.15, -0.1) is 0 Å². The zero-order chi connectivity index (χ0) is 18.3. The number of carbonyl (C=O) groups excluding carboxylic acids is 1. The van der Waals surface area contributed by atoms with Crippen LogP contribution in [-0.4, -0.2) is 21.7 Å². The van der Waals surface area contributed by atoms with Crippen LogP contribution in [0, 0.1) is 0 Å². The molecule has 0 fully saturated rings. The normalized spacial score (nSPS) is 16.9. The van der Waals surface area contributed by atoms with Crippen LogP contribution in [0.4, 0.5) is 0 Å². The van der Waals surface area contributed by atoms with Crippen LogP contribution in [0.25, 0.3) is 0 Å². The van der Waals surface area contributed by atoms with Crippen LogP contribution in [-0.2, 0) is 4.79 Å². The SMILES string of the molecule is CC(=O)N1N=C(c2cc(Cl)cc(Cl)c2O)CC1c1ccc(Cl)cc1Cl. The maximum absolute atomic E-state index is 12.0. The Morgan fingerprint density at radius 3 is 2.44 bits per heavy atom. The highest BCUT2D eigenvalue weighted by Gasteiger charge is 2.34. The highest BCUT2D eigenvalue weighted by molar-refractivity contribution is 6.36. The molecule has 3 rings (SSSR count). The van der Waals surface area contributed by atoms with Gasteiger partial charge in [-0.05, 0) is 29.8 Å². The van der Waals surface area contributed by atoms with E-state index in [1.807, 2.05) is 0 Å². The maximum Gasteiger partial charge on any atom is 0.240 e. The molecule has 130 valence electrons. The van der Waals surface area contributed by atoms with Crippen LogP contribution >= 0.6 is 46.4 Å². The van der Waals surface area contributed by atoms with Crippen molar-refractivity contribution in [3.05, 3.63) is 61.5 Å². The van der Waals surface area contributed by atoms with Gasteiger partial charge in [0.25, 0.3) is 0 Å². The van der Waals surface area contributed by atoms with E-state index in [-0.39, 0.29) is 16.7 Å². The van der Waals surface area contributed by atoms with Crippen molar-refractivity contribution in [1.82, 2.24) is 5.01 Å². The second kappa shape index (κ2) is 7.04. The number of hydrazone groups is 1. The lowest BCUT2D eigenvalue weighted by Gasteiger charge is -2.21. The highest BCUT2D eigenvalue weighted by atomic mass is 35.5. The van der Waals surface area contributed by atoms with Gasteiger partial charge in [0.15, 0.2) is 0 Å². The lowest BCUT2D eigenvalue weighted by atomic mass is 9.98. The zero-order valence-electron chi connectivity index (χ0n) is 12.9. The summed E-state index contributed by atoms with van der Waals surface area (Å²) >= 11 is 24.3. The third-order valence-corrected chi connectivity index (χ3v) is 4.96. The average molecular weight is 418 g/mol. The largest absolute Gasteiger partial charge is 0.506 e. The van der Waals surface area contributed by atoms with Gasteiger partial charge >= 0.3 is 0 Å². The fourth-order valence-electron chi connectivity index (χ4n) is 2.76. The summed E-state index contributed by atoms with van der Waals surface area (Å²) < 4.78 is 0. The first kappa shape index (κ1) is 18.3. The molecule has 1 aliphatic heterocycles. The van der Waals surface area contributed by atoms with E-state index < -0.39 is 6.04 Å². The first-order valence-corrected chi connectivity index (χ1v) is 8.79. The van der Waals surface area contributed by atoms with E-state index in [4.69, 9.17) is 46.4 Å². The molecular weight excluding hydrogens is 406 g/mol. The Balaban J connectivity index is 2.05. The first-order chi connectivity index (χ1) is 11.8. The molecule has 8 heteroatoms. The van der Waals surface area contributed by atoms with Gasteiger partial charge in [-0.2, -0.15) is 5.10 Å². The van der Waals surface area contributed by atoms with Crippen LogP contribution in [0.2, 0.25) is 20.1 Å². The number of rotatable bonds is 2. The molecule has 0 bridgehead atoms. The maximum atomic E-state index is 12.0. The van der Waals surface area contributed by atoms with Crippen LogP contribution < -0.4 is 0 Å². The van der Waals surface area contributed by atoms with E-state index in [0.717, 1.165) is 0 Å². The summed E-state index contributed by atoms with van der Waals surface area (Å²) in [6.07, 6.45) is 0.352. The van der Waals surface area contributed by atoms with E-state index >= 15 is 0 Å². The predicted molar refractivity (Wildman–Crippen MR) is 101 cm³/mol. The quantitative estimate of drug-likeness (QED) is 0.680. The molecule has 1 amide bonds. The minimum absolute atomic E-state index is 0.118. The second-order valence-corrected chi connectivity index (χ2v) is 7.27. The molecule has 1 heterocycles. The summed E-state index contributed by atoms with van der Waals surface area (Å²) in [6.45, 7) is 1.41. The van der Waals surface area contributed by atoms with Crippen molar-refractivity contribution in [1.29, 1.82) is 0 Å². The molecule has 0 aromatic heterocycles. The lowest BCUT2D eigenvalue weighted by Crippen LogP contribution is -2.24. The number of phenols is 1. The van der Waals surface area contributed by atoms with Crippen molar-refractivity contribution in [2.45, 2.75) is 19.4 Å². The zero-order valence-corrected chi connectivity index (χ0v) is 16.0. The lowest BCUT2D eigenvalue weighted by molar-refractivity contribution is -0.130. The topological polar surface area (TPSA) is 52.9 Å². The summed E-state index contributed by atoms with van der Waals surface area (Å²) in [7, 11) is 0. The van der Waals surface area contributed by atoms with Gasteiger partial charge in [0, 0.05) is 34.0 Å². The third kappa shape index (κ3) is 3.58. The number of halogens is 4. The Morgan fingerprint density at radius 1 is 1.12 bits per heavy atom. The Bertz CT molecular complexity index is 898. The van der Waals surface area contributed by atoms with Gasteiger partial charge in [-0.25, -0.2) is 5.01 Å². The summed E-state index contributed by atoms with van der Waals surface area (Å²) in [6, 6.07) is 7.66. The van der Waals surface area contributed by atoms with Gasteiger partial charge < -0.3 is 5.11 Å². The minimum Gasteiger partial charge on any atom is -0.506 e. The second-order valence-electron chi connectivity index (χ2n) is 5.58. The molecule has 0 spiro atoms. The molecule has 0 aliphatic carbocycles. The van der Waals surface area contributed by atoms with Crippen molar-refractivity contribution < 1.29 is 9.90 Å². The molecule has 2 aromatic rings. The fraction of sp³-hybridized carbons (Fsp3) is 0.176. The average Bonchev–Trinajstić information content (AvgIpc) is 2.96. The summed E-state index contributed by atoms with van der Waals surface area (Å²) in [5.74, 6) is -0.380. The van der Waals surface area contributed by atoms with Crippen molar-refractivity contribution >= 4 is 58.0 Å². The molecule has 2 aromatic carbocycles. The van der Waals surface area contributed by atoms with Crippen LogP contribution in [0.1, 0.15) is 30.5 Å². The number of aromatic hydroxyl groups is 1. The van der Waals surface area contributed by atoms with Crippen molar-refractivity contribution in [3.63, 3.8) is 0 Å². The van der Waals surface area contributed by atoms with Gasteiger partial charge in [0.1, 0.15) is 5.75 Å². The smallest absolute Gasteiger partial charge is 0.240 e. The van der Waals surface area contributed by atoms with Crippen molar-refractivity contribution in [3.8, 4) is 5.75 Å². The van der Waals surface area contributed by atoms with E-state index in [1.165, 1.54) is 18.0 Å². The number of benzene rings is 2. The van der Waals surface area contributed by atoms with E-state index in [0.29, 0.717) is 38.3 Å². The first-order valence-electron chi connectivity index (χ1n) is 7.28. The van der Waals surface area contributed by atoms with Gasteiger partial charge in [0.05, 0.1) is 16.8 Å². The molecule has 25 heavy (non-hydrogen) atoms. The summed E-state index contributed by atoms with van der Waals surface area (Å²) in [4.78, 5) is 12.0. The van der Waals surface area contributed by atoms with Crippen molar-refractivity contribution in [2.24, 2.45) is 5.10 Å². The monoisotopic (exact) mass is 416 g/mol. The summed E-state index contributed by atoms with van der Waals surface area (Å²) in [5.41, 5.74) is 1.59. The predicted octanol–water partition coefficient (Wildman–Crippen LogP) is 5.70. The molecular formula is C17H12Cl4N2O2. The van der Waals surface area contributed by atoms with Crippen molar-refractivity contribution in [2.75, 3.05) is 0 Å².